The molecule has 0 N–H and O–H groups in total. The highest BCUT2D eigenvalue weighted by atomic mass is 16.6. The van der Waals surface area contributed by atoms with Crippen LogP contribution in [0.15, 0.2) is 12.2 Å². The number of hydrogen-bond donors (Lipinski definition) is 0. The van der Waals surface area contributed by atoms with Gasteiger partial charge in [-0.2, -0.15) is 0 Å². The Labute approximate surface area is 88.0 Å². The van der Waals surface area contributed by atoms with Crippen molar-refractivity contribution < 1.29 is 23.9 Å². The highest BCUT2D eigenvalue weighted by Gasteiger charge is 2.19. The monoisotopic (exact) mass is 214 g/mol. The van der Waals surface area contributed by atoms with E-state index in [4.69, 9.17) is 9.47 Å². The molecule has 0 aliphatic carbocycles. The second-order valence-corrected chi connectivity index (χ2v) is 2.91. The number of carbonyl (C=O) groups excluding carboxylic acids is 3. The summed E-state index contributed by atoms with van der Waals surface area (Å²) in [5, 5.41) is 0. The van der Waals surface area contributed by atoms with E-state index in [1.54, 1.807) is 6.92 Å². The number of esters is 2. The number of rotatable bonds is 5. The molecule has 0 aromatic carbocycles. The van der Waals surface area contributed by atoms with Crippen LogP contribution in [0.1, 0.15) is 20.8 Å². The van der Waals surface area contributed by atoms with E-state index in [9.17, 15) is 14.4 Å². The van der Waals surface area contributed by atoms with Crippen molar-refractivity contribution in [2.75, 3.05) is 0 Å². The molecule has 0 aliphatic heterocycles. The zero-order valence-corrected chi connectivity index (χ0v) is 8.93. The zero-order valence-electron chi connectivity index (χ0n) is 8.93. The maximum Gasteiger partial charge on any atom is 0.303 e. The van der Waals surface area contributed by atoms with Crippen LogP contribution in [0, 0.1) is 0 Å². The lowest BCUT2D eigenvalue weighted by atomic mass is 10.2. The predicted molar refractivity (Wildman–Crippen MR) is 52.0 cm³/mol. The Bertz CT molecular complexity index is 269. The van der Waals surface area contributed by atoms with Crippen LogP contribution in [-0.2, 0) is 23.9 Å². The fourth-order valence-corrected chi connectivity index (χ4v) is 0.967. The first kappa shape index (κ1) is 13.4. The molecule has 0 amide bonds. The van der Waals surface area contributed by atoms with Crippen LogP contribution in [0.5, 0.6) is 0 Å². The molecule has 0 fully saturated rings. The Morgan fingerprint density at radius 3 is 2.07 bits per heavy atom. The van der Waals surface area contributed by atoms with E-state index >= 15 is 0 Å². The third-order valence-electron chi connectivity index (χ3n) is 1.50. The molecule has 0 spiro atoms. The summed E-state index contributed by atoms with van der Waals surface area (Å²) in [7, 11) is 0. The molecule has 15 heavy (non-hydrogen) atoms. The van der Waals surface area contributed by atoms with Crippen LogP contribution < -0.4 is 0 Å². The molecule has 84 valence electrons. The molecule has 0 rings (SSSR count). The summed E-state index contributed by atoms with van der Waals surface area (Å²) < 4.78 is 9.68. The maximum atomic E-state index is 10.7. The first-order chi connectivity index (χ1) is 6.97. The molecule has 0 aromatic heterocycles. The fraction of sp³-hybridized carbons (Fsp3) is 0.500. The van der Waals surface area contributed by atoms with Crippen molar-refractivity contribution in [1.82, 2.24) is 0 Å². The van der Waals surface area contributed by atoms with Gasteiger partial charge in [0.05, 0.1) is 0 Å². The molecule has 0 unspecified atom stereocenters. The first-order valence-electron chi connectivity index (χ1n) is 4.43. The zero-order chi connectivity index (χ0) is 11.8. The Morgan fingerprint density at radius 2 is 1.67 bits per heavy atom. The summed E-state index contributed by atoms with van der Waals surface area (Å²) in [4.78, 5) is 31.5. The lowest BCUT2D eigenvalue weighted by Gasteiger charge is -2.20. The van der Waals surface area contributed by atoms with E-state index in [1.165, 1.54) is 26.0 Å². The highest BCUT2D eigenvalue weighted by Crippen LogP contribution is 2.06. The van der Waals surface area contributed by atoms with E-state index in [2.05, 4.69) is 0 Å². The van der Waals surface area contributed by atoms with E-state index in [-0.39, 0.29) is 0 Å². The quantitative estimate of drug-likeness (QED) is 0.381. The standard InChI is InChI=1S/C10H14O5/c1-7(14-8(2)12)10(5-4-6-11)15-9(3)13/h4-7,10H,1-3H3/b5-4+/t7-,10+/m0/s1. The van der Waals surface area contributed by atoms with E-state index in [0.29, 0.717) is 6.29 Å². The Kier molecular flexibility index (Phi) is 6.01. The molecular weight excluding hydrogens is 200 g/mol. The van der Waals surface area contributed by atoms with Crippen molar-refractivity contribution in [3.05, 3.63) is 12.2 Å². The van der Waals surface area contributed by atoms with Crippen LogP contribution in [0.4, 0.5) is 0 Å². The summed E-state index contributed by atoms with van der Waals surface area (Å²) in [6.07, 6.45) is 1.74. The number of ether oxygens (including phenoxy) is 2. The maximum absolute atomic E-state index is 10.7. The molecule has 0 radical (unpaired) electrons. The van der Waals surface area contributed by atoms with Crippen molar-refractivity contribution >= 4 is 18.2 Å². The minimum Gasteiger partial charge on any atom is -0.459 e. The van der Waals surface area contributed by atoms with Crippen molar-refractivity contribution in [2.45, 2.75) is 33.0 Å². The molecule has 0 bridgehead atoms. The van der Waals surface area contributed by atoms with Gasteiger partial charge in [0.2, 0.25) is 0 Å². The normalized spacial score (nSPS) is 14.3. The van der Waals surface area contributed by atoms with Gasteiger partial charge in [-0.15, -0.1) is 0 Å². The molecular formula is C10H14O5. The second-order valence-electron chi connectivity index (χ2n) is 2.91. The Morgan fingerprint density at radius 1 is 1.13 bits per heavy atom. The van der Waals surface area contributed by atoms with Crippen molar-refractivity contribution in [1.29, 1.82) is 0 Å². The van der Waals surface area contributed by atoms with Gasteiger partial charge in [-0.3, -0.25) is 14.4 Å². The van der Waals surface area contributed by atoms with Crippen molar-refractivity contribution in [3.8, 4) is 0 Å². The molecule has 0 heterocycles. The van der Waals surface area contributed by atoms with Gasteiger partial charge in [0.15, 0.2) is 6.10 Å². The molecule has 0 saturated carbocycles. The van der Waals surface area contributed by atoms with Gasteiger partial charge in [-0.1, -0.05) is 0 Å². The number of hydrogen-bond acceptors (Lipinski definition) is 5. The van der Waals surface area contributed by atoms with Crippen molar-refractivity contribution in [3.63, 3.8) is 0 Å². The van der Waals surface area contributed by atoms with Crippen LogP contribution in [-0.4, -0.2) is 30.4 Å². The Balaban J connectivity index is 4.45. The van der Waals surface area contributed by atoms with Gasteiger partial charge in [0.1, 0.15) is 12.4 Å². The molecule has 2 atom stereocenters. The van der Waals surface area contributed by atoms with E-state index < -0.39 is 24.1 Å². The van der Waals surface area contributed by atoms with Crippen molar-refractivity contribution in [2.24, 2.45) is 0 Å². The van der Waals surface area contributed by atoms with Gasteiger partial charge in [-0.25, -0.2) is 0 Å². The van der Waals surface area contributed by atoms with E-state index in [0.717, 1.165) is 0 Å². The summed E-state index contributed by atoms with van der Waals surface area (Å²) in [6, 6.07) is 0. The largest absolute Gasteiger partial charge is 0.459 e. The van der Waals surface area contributed by atoms with Crippen LogP contribution in [0.3, 0.4) is 0 Å². The molecule has 0 aliphatic rings. The van der Waals surface area contributed by atoms with Gasteiger partial charge in [-0.05, 0) is 19.1 Å². The summed E-state index contributed by atoms with van der Waals surface area (Å²) in [5.41, 5.74) is 0. The average Bonchev–Trinajstić information content (AvgIpc) is 2.10. The lowest BCUT2D eigenvalue weighted by Crippen LogP contribution is -2.30. The second kappa shape index (κ2) is 6.75. The number of aldehydes is 1. The summed E-state index contributed by atoms with van der Waals surface area (Å²) >= 11 is 0. The first-order valence-corrected chi connectivity index (χ1v) is 4.43. The van der Waals surface area contributed by atoms with Crippen LogP contribution in [0.25, 0.3) is 0 Å². The third kappa shape index (κ3) is 6.42. The van der Waals surface area contributed by atoms with Gasteiger partial charge in [0, 0.05) is 13.8 Å². The van der Waals surface area contributed by atoms with Crippen LogP contribution in [0.2, 0.25) is 0 Å². The summed E-state index contributed by atoms with van der Waals surface area (Å²) in [6.45, 7) is 4.07. The topological polar surface area (TPSA) is 69.7 Å². The molecule has 0 saturated heterocycles. The highest BCUT2D eigenvalue weighted by molar-refractivity contribution is 5.68. The summed E-state index contributed by atoms with van der Waals surface area (Å²) in [5.74, 6) is -0.978. The van der Waals surface area contributed by atoms with Gasteiger partial charge in [0.25, 0.3) is 0 Å². The number of carbonyl (C=O) groups is 3. The van der Waals surface area contributed by atoms with Crippen LogP contribution >= 0.6 is 0 Å². The third-order valence-corrected chi connectivity index (χ3v) is 1.50. The SMILES string of the molecule is CC(=O)O[C@@H](C)[C@@H](/C=C/C=O)OC(C)=O. The Hall–Kier alpha value is -1.65. The predicted octanol–water partition coefficient (Wildman–Crippen LogP) is 0.625. The number of allylic oxidation sites excluding steroid dienone is 1. The lowest BCUT2D eigenvalue weighted by molar-refractivity contribution is -0.160. The minimum atomic E-state index is -0.739. The van der Waals surface area contributed by atoms with Gasteiger partial charge < -0.3 is 9.47 Å². The molecule has 0 aromatic rings. The van der Waals surface area contributed by atoms with Gasteiger partial charge >= 0.3 is 11.9 Å². The molecule has 5 heteroatoms. The fourth-order valence-electron chi connectivity index (χ4n) is 0.967. The van der Waals surface area contributed by atoms with E-state index in [1.807, 2.05) is 0 Å². The minimum absolute atomic E-state index is 0.473. The average molecular weight is 214 g/mol. The molecule has 5 nitrogen and oxygen atoms in total. The smallest absolute Gasteiger partial charge is 0.303 e.